The fourth-order valence-corrected chi connectivity index (χ4v) is 4.60. The maximum atomic E-state index is 12.2. The number of benzene rings is 1. The number of rotatable bonds is 5. The molecule has 1 saturated heterocycles. The maximum absolute atomic E-state index is 12.2. The lowest BCUT2D eigenvalue weighted by Crippen LogP contribution is -2.48. The van der Waals surface area contributed by atoms with Gasteiger partial charge in [0, 0.05) is 43.3 Å². The molecule has 0 saturated carbocycles. The third-order valence-corrected chi connectivity index (χ3v) is 6.13. The van der Waals surface area contributed by atoms with Crippen molar-refractivity contribution in [2.45, 2.75) is 6.54 Å². The summed E-state index contributed by atoms with van der Waals surface area (Å²) in [5.74, 6) is -0.0681. The molecule has 0 unspecified atom stereocenters. The van der Waals surface area contributed by atoms with Gasteiger partial charge in [-0.3, -0.25) is 14.6 Å². The maximum Gasteiger partial charge on any atom is 0.238 e. The van der Waals surface area contributed by atoms with Crippen LogP contribution >= 0.6 is 38.9 Å². The summed E-state index contributed by atoms with van der Waals surface area (Å²) in [4.78, 5) is 18.2. The molecule has 0 spiro atoms. The second-order valence-electron chi connectivity index (χ2n) is 6.11. The summed E-state index contributed by atoms with van der Waals surface area (Å²) >= 11 is 11.3. The Morgan fingerprint density at radius 1 is 1.23 bits per heavy atom. The van der Waals surface area contributed by atoms with Crippen molar-refractivity contribution >= 4 is 50.5 Å². The molecule has 1 aromatic heterocycles. The van der Waals surface area contributed by atoms with E-state index in [0.29, 0.717) is 22.8 Å². The van der Waals surface area contributed by atoms with Crippen LogP contribution in [0.3, 0.4) is 0 Å². The molecule has 1 aliphatic heterocycles. The van der Waals surface area contributed by atoms with E-state index in [-0.39, 0.29) is 5.91 Å². The predicted molar refractivity (Wildman–Crippen MR) is 109 cm³/mol. The summed E-state index contributed by atoms with van der Waals surface area (Å²) in [7, 11) is 0. The summed E-state index contributed by atoms with van der Waals surface area (Å²) in [6, 6.07) is 11.1. The van der Waals surface area contributed by atoms with Crippen molar-refractivity contribution in [3.63, 3.8) is 0 Å². The molecule has 1 aromatic carbocycles. The van der Waals surface area contributed by atoms with Crippen LogP contribution in [0.2, 0.25) is 5.02 Å². The van der Waals surface area contributed by atoms with Crippen LogP contribution in [0.4, 0.5) is 5.69 Å². The van der Waals surface area contributed by atoms with E-state index >= 15 is 0 Å². The zero-order valence-corrected chi connectivity index (χ0v) is 17.2. The Kier molecular flexibility index (Phi) is 6.68. The molecule has 1 fully saturated rings. The van der Waals surface area contributed by atoms with Crippen molar-refractivity contribution in [2.24, 2.45) is 0 Å². The minimum Gasteiger partial charge on any atom is -0.325 e. The first-order chi connectivity index (χ1) is 12.5. The minimum atomic E-state index is -0.0681. The zero-order valence-electron chi connectivity index (χ0n) is 14.0. The average Bonchev–Trinajstić information content (AvgIpc) is 3.01. The monoisotopic (exact) mass is 452 g/mol. The Morgan fingerprint density at radius 3 is 2.58 bits per heavy atom. The van der Waals surface area contributed by atoms with Gasteiger partial charge < -0.3 is 5.32 Å². The number of hydrogen-bond acceptors (Lipinski definition) is 5. The van der Waals surface area contributed by atoms with E-state index in [0.717, 1.165) is 36.5 Å². The lowest BCUT2D eigenvalue weighted by Gasteiger charge is -2.34. The van der Waals surface area contributed by atoms with E-state index < -0.39 is 0 Å². The highest BCUT2D eigenvalue weighted by molar-refractivity contribution is 9.11. The van der Waals surface area contributed by atoms with Gasteiger partial charge in [0.25, 0.3) is 0 Å². The van der Waals surface area contributed by atoms with Gasteiger partial charge in [-0.2, -0.15) is 5.26 Å². The number of carbonyl (C=O) groups is 1. The van der Waals surface area contributed by atoms with E-state index in [4.69, 9.17) is 16.9 Å². The van der Waals surface area contributed by atoms with Crippen LogP contribution in [0.25, 0.3) is 0 Å². The summed E-state index contributed by atoms with van der Waals surface area (Å²) in [6.45, 7) is 4.95. The first-order valence-corrected chi connectivity index (χ1v) is 10.2. The zero-order chi connectivity index (χ0) is 18.5. The normalized spacial score (nSPS) is 15.6. The molecule has 0 radical (unpaired) electrons. The molecule has 26 heavy (non-hydrogen) atoms. The second-order valence-corrected chi connectivity index (χ2v) is 9.07. The number of halogens is 2. The van der Waals surface area contributed by atoms with Crippen molar-refractivity contribution in [3.8, 4) is 6.07 Å². The summed E-state index contributed by atoms with van der Waals surface area (Å²) in [5, 5.41) is 12.1. The van der Waals surface area contributed by atoms with Crippen molar-refractivity contribution < 1.29 is 4.79 Å². The fourth-order valence-electron chi connectivity index (χ4n) is 2.85. The topological polar surface area (TPSA) is 59.4 Å². The Morgan fingerprint density at radius 2 is 1.96 bits per heavy atom. The van der Waals surface area contributed by atoms with Crippen LogP contribution in [0.5, 0.6) is 0 Å². The number of nitriles is 1. The SMILES string of the molecule is N#Cc1ccc(NC(=O)CN2CCN(Cc3ccc(Br)s3)CC2)cc1Cl. The third-order valence-electron chi connectivity index (χ3n) is 4.21. The predicted octanol–water partition coefficient (Wildman–Crippen LogP) is 3.79. The van der Waals surface area contributed by atoms with Crippen LogP contribution in [0.1, 0.15) is 10.4 Å². The number of hydrogen-bond donors (Lipinski definition) is 1. The van der Waals surface area contributed by atoms with Gasteiger partial charge in [0.2, 0.25) is 5.91 Å². The summed E-state index contributed by atoms with van der Waals surface area (Å²) < 4.78 is 1.16. The van der Waals surface area contributed by atoms with Gasteiger partial charge in [-0.05, 0) is 46.3 Å². The van der Waals surface area contributed by atoms with Crippen molar-refractivity contribution in [1.82, 2.24) is 9.80 Å². The highest BCUT2D eigenvalue weighted by Crippen LogP contribution is 2.24. The smallest absolute Gasteiger partial charge is 0.238 e. The molecule has 0 bridgehead atoms. The molecule has 5 nitrogen and oxygen atoms in total. The lowest BCUT2D eigenvalue weighted by molar-refractivity contribution is -0.117. The molecular formula is C18H18BrClN4OS. The third kappa shape index (κ3) is 5.29. The van der Waals surface area contributed by atoms with Crippen LogP contribution in [-0.2, 0) is 11.3 Å². The molecule has 8 heteroatoms. The quantitative estimate of drug-likeness (QED) is 0.748. The lowest BCUT2D eigenvalue weighted by atomic mass is 10.2. The molecule has 1 aliphatic rings. The molecule has 0 atom stereocenters. The summed E-state index contributed by atoms with van der Waals surface area (Å²) in [6.07, 6.45) is 0. The van der Waals surface area contributed by atoms with Gasteiger partial charge in [-0.1, -0.05) is 11.6 Å². The van der Waals surface area contributed by atoms with E-state index in [1.807, 2.05) is 6.07 Å². The van der Waals surface area contributed by atoms with Crippen LogP contribution < -0.4 is 5.32 Å². The van der Waals surface area contributed by atoms with E-state index in [1.54, 1.807) is 29.5 Å². The van der Waals surface area contributed by atoms with Crippen LogP contribution in [0.15, 0.2) is 34.1 Å². The standard InChI is InChI=1S/C18H18BrClN4OS/c19-17-4-3-15(26-17)11-23-5-7-24(8-6-23)12-18(25)22-14-2-1-13(10-21)16(20)9-14/h1-4,9H,5-8,11-12H2,(H,22,25). The van der Waals surface area contributed by atoms with E-state index in [2.05, 4.69) is 43.2 Å². The van der Waals surface area contributed by atoms with Crippen LogP contribution in [-0.4, -0.2) is 48.4 Å². The number of amides is 1. The van der Waals surface area contributed by atoms with Crippen molar-refractivity contribution in [2.75, 3.05) is 38.0 Å². The highest BCUT2D eigenvalue weighted by atomic mass is 79.9. The second kappa shape index (κ2) is 8.98. The molecule has 2 aromatic rings. The highest BCUT2D eigenvalue weighted by Gasteiger charge is 2.19. The number of anilines is 1. The Balaban J connectivity index is 1.44. The average molecular weight is 454 g/mol. The summed E-state index contributed by atoms with van der Waals surface area (Å²) in [5.41, 5.74) is 1.01. The molecule has 1 amide bonds. The van der Waals surface area contributed by atoms with Crippen molar-refractivity contribution in [1.29, 1.82) is 5.26 Å². The molecule has 1 N–H and O–H groups in total. The Hall–Kier alpha value is -1.43. The van der Waals surface area contributed by atoms with Crippen LogP contribution in [0, 0.1) is 11.3 Å². The molecule has 0 aliphatic carbocycles. The molecule has 136 valence electrons. The van der Waals surface area contributed by atoms with E-state index in [9.17, 15) is 4.79 Å². The first-order valence-electron chi connectivity index (χ1n) is 8.22. The number of piperazine rings is 1. The molecule has 2 heterocycles. The number of nitrogens with one attached hydrogen (secondary N) is 1. The number of carbonyl (C=O) groups excluding carboxylic acids is 1. The minimum absolute atomic E-state index is 0.0681. The number of thiophene rings is 1. The van der Waals surface area contributed by atoms with Gasteiger partial charge in [0.05, 0.1) is 20.9 Å². The van der Waals surface area contributed by atoms with Gasteiger partial charge in [-0.25, -0.2) is 0 Å². The van der Waals surface area contributed by atoms with Gasteiger partial charge >= 0.3 is 0 Å². The number of nitrogens with zero attached hydrogens (tertiary/aromatic N) is 3. The van der Waals surface area contributed by atoms with E-state index in [1.165, 1.54) is 4.88 Å². The molecule has 3 rings (SSSR count). The van der Waals surface area contributed by atoms with Gasteiger partial charge in [0.15, 0.2) is 0 Å². The van der Waals surface area contributed by atoms with Gasteiger partial charge in [0.1, 0.15) is 6.07 Å². The fraction of sp³-hybridized carbons (Fsp3) is 0.333. The molecular weight excluding hydrogens is 436 g/mol. The largest absolute Gasteiger partial charge is 0.325 e. The van der Waals surface area contributed by atoms with Crippen molar-refractivity contribution in [3.05, 3.63) is 49.6 Å². The Labute approximate surface area is 170 Å². The first kappa shape index (κ1) is 19.3. The Bertz CT molecular complexity index is 827. The van der Waals surface area contributed by atoms with Gasteiger partial charge in [-0.15, -0.1) is 11.3 Å².